The lowest BCUT2D eigenvalue weighted by atomic mass is 10.1. The molecule has 0 aliphatic heterocycles. The first kappa shape index (κ1) is 13.4. The summed E-state index contributed by atoms with van der Waals surface area (Å²) < 4.78 is 0. The van der Waals surface area contributed by atoms with Crippen LogP contribution >= 0.6 is 22.9 Å². The van der Waals surface area contributed by atoms with Gasteiger partial charge < -0.3 is 5.32 Å². The molecule has 1 heterocycles. The fraction of sp³-hybridized carbons (Fsp3) is 0.667. The Morgan fingerprint density at radius 1 is 1.21 bits per heavy atom. The molecular formula is C15H20ClNOS. The van der Waals surface area contributed by atoms with Crippen LogP contribution in [-0.4, -0.2) is 17.3 Å². The molecule has 2 aliphatic carbocycles. The third-order valence-electron chi connectivity index (χ3n) is 4.22. The highest BCUT2D eigenvalue weighted by Crippen LogP contribution is 2.31. The average molecular weight is 298 g/mol. The summed E-state index contributed by atoms with van der Waals surface area (Å²) >= 11 is 8.05. The summed E-state index contributed by atoms with van der Waals surface area (Å²) in [6, 6.07) is 2.23. The number of nitrogens with one attached hydrogen (secondary N) is 1. The second-order valence-corrected chi connectivity index (χ2v) is 7.34. The minimum absolute atomic E-state index is 0.0805. The first-order valence-electron chi connectivity index (χ1n) is 7.30. The van der Waals surface area contributed by atoms with E-state index in [4.69, 9.17) is 11.6 Å². The minimum Gasteiger partial charge on any atom is -0.347 e. The number of hydrogen-bond acceptors (Lipinski definition) is 2. The van der Waals surface area contributed by atoms with Crippen molar-refractivity contribution in [1.82, 2.24) is 5.32 Å². The van der Waals surface area contributed by atoms with E-state index in [0.29, 0.717) is 0 Å². The van der Waals surface area contributed by atoms with Gasteiger partial charge in [0, 0.05) is 10.9 Å². The summed E-state index contributed by atoms with van der Waals surface area (Å²) in [6.07, 6.45) is 9.18. The van der Waals surface area contributed by atoms with Gasteiger partial charge in [0.1, 0.15) is 0 Å². The highest BCUT2D eigenvalue weighted by molar-refractivity contribution is 7.14. The SMILES string of the molecule is O=C(NC1CCCCCC1Cl)c1cc2c(s1)CCC2. The van der Waals surface area contributed by atoms with Gasteiger partial charge in [-0.2, -0.15) is 0 Å². The molecule has 2 atom stereocenters. The Balaban J connectivity index is 1.66. The zero-order chi connectivity index (χ0) is 13.2. The number of carbonyl (C=O) groups excluding carboxylic acids is 1. The quantitative estimate of drug-likeness (QED) is 0.651. The van der Waals surface area contributed by atoms with E-state index in [1.165, 1.54) is 36.1 Å². The van der Waals surface area contributed by atoms with Crippen molar-refractivity contribution in [3.8, 4) is 0 Å². The number of rotatable bonds is 2. The normalized spacial score (nSPS) is 26.8. The fourth-order valence-electron chi connectivity index (χ4n) is 3.11. The van der Waals surface area contributed by atoms with E-state index in [1.807, 2.05) is 0 Å². The van der Waals surface area contributed by atoms with Crippen molar-refractivity contribution in [2.75, 3.05) is 0 Å². The predicted octanol–water partition coefficient (Wildman–Crippen LogP) is 3.91. The molecule has 1 aromatic rings. The minimum atomic E-state index is 0.0805. The summed E-state index contributed by atoms with van der Waals surface area (Å²) in [7, 11) is 0. The van der Waals surface area contributed by atoms with Crippen LogP contribution in [0.15, 0.2) is 6.07 Å². The predicted molar refractivity (Wildman–Crippen MR) is 80.3 cm³/mol. The number of thiophene rings is 1. The first-order valence-corrected chi connectivity index (χ1v) is 8.56. The molecular weight excluding hydrogens is 278 g/mol. The van der Waals surface area contributed by atoms with Crippen molar-refractivity contribution in [1.29, 1.82) is 0 Å². The third kappa shape index (κ3) is 2.97. The van der Waals surface area contributed by atoms with Crippen LogP contribution in [0, 0.1) is 0 Å². The van der Waals surface area contributed by atoms with Crippen molar-refractivity contribution in [2.45, 2.75) is 62.8 Å². The highest BCUT2D eigenvalue weighted by atomic mass is 35.5. The average Bonchev–Trinajstić information content (AvgIpc) is 2.91. The lowest BCUT2D eigenvalue weighted by molar-refractivity contribution is 0.0938. The topological polar surface area (TPSA) is 29.1 Å². The Bertz CT molecular complexity index is 449. The smallest absolute Gasteiger partial charge is 0.261 e. The zero-order valence-electron chi connectivity index (χ0n) is 11.1. The van der Waals surface area contributed by atoms with E-state index in [0.717, 1.165) is 30.6 Å². The van der Waals surface area contributed by atoms with E-state index in [-0.39, 0.29) is 17.3 Å². The van der Waals surface area contributed by atoms with Crippen molar-refractivity contribution in [3.63, 3.8) is 0 Å². The Kier molecular flexibility index (Phi) is 4.13. The lowest BCUT2D eigenvalue weighted by Crippen LogP contribution is -2.40. The molecule has 1 N–H and O–H groups in total. The Labute approximate surface area is 123 Å². The van der Waals surface area contributed by atoms with Crippen LogP contribution in [-0.2, 0) is 12.8 Å². The summed E-state index contributed by atoms with van der Waals surface area (Å²) in [6.45, 7) is 0. The van der Waals surface area contributed by atoms with Crippen molar-refractivity contribution in [3.05, 3.63) is 21.4 Å². The third-order valence-corrected chi connectivity index (χ3v) is 5.98. The summed E-state index contributed by atoms with van der Waals surface area (Å²) in [5.74, 6) is 0.0805. The molecule has 1 saturated carbocycles. The maximum absolute atomic E-state index is 12.3. The van der Waals surface area contributed by atoms with Gasteiger partial charge in [-0.05, 0) is 43.7 Å². The fourth-order valence-corrected chi connectivity index (χ4v) is 4.61. The van der Waals surface area contributed by atoms with Gasteiger partial charge in [0.15, 0.2) is 0 Å². The van der Waals surface area contributed by atoms with E-state index in [2.05, 4.69) is 11.4 Å². The number of hydrogen-bond donors (Lipinski definition) is 1. The molecule has 2 nitrogen and oxygen atoms in total. The maximum atomic E-state index is 12.3. The molecule has 0 spiro atoms. The van der Waals surface area contributed by atoms with Gasteiger partial charge in [0.25, 0.3) is 5.91 Å². The van der Waals surface area contributed by atoms with Gasteiger partial charge in [0.2, 0.25) is 0 Å². The number of fused-ring (bicyclic) bond motifs is 1. The van der Waals surface area contributed by atoms with E-state index in [9.17, 15) is 4.79 Å². The van der Waals surface area contributed by atoms with Crippen LogP contribution in [0.2, 0.25) is 0 Å². The second-order valence-electron chi connectivity index (χ2n) is 5.65. The van der Waals surface area contributed by atoms with Gasteiger partial charge in [-0.3, -0.25) is 4.79 Å². The van der Waals surface area contributed by atoms with Crippen LogP contribution < -0.4 is 5.32 Å². The summed E-state index contributed by atoms with van der Waals surface area (Å²) in [5, 5.41) is 3.25. The van der Waals surface area contributed by atoms with Gasteiger partial charge in [-0.1, -0.05) is 19.3 Å². The first-order chi connectivity index (χ1) is 9.24. The van der Waals surface area contributed by atoms with Gasteiger partial charge in [-0.15, -0.1) is 22.9 Å². The largest absolute Gasteiger partial charge is 0.347 e. The lowest BCUT2D eigenvalue weighted by Gasteiger charge is -2.20. The highest BCUT2D eigenvalue weighted by Gasteiger charge is 2.25. The van der Waals surface area contributed by atoms with Crippen LogP contribution in [0.4, 0.5) is 0 Å². The Morgan fingerprint density at radius 3 is 2.89 bits per heavy atom. The Hall–Kier alpha value is -0.540. The second kappa shape index (κ2) is 5.84. The van der Waals surface area contributed by atoms with Gasteiger partial charge in [0.05, 0.1) is 10.3 Å². The van der Waals surface area contributed by atoms with Crippen molar-refractivity contribution in [2.24, 2.45) is 0 Å². The van der Waals surface area contributed by atoms with Gasteiger partial charge in [-0.25, -0.2) is 0 Å². The number of amides is 1. The van der Waals surface area contributed by atoms with E-state index < -0.39 is 0 Å². The van der Waals surface area contributed by atoms with Crippen LogP contribution in [0.1, 0.15) is 58.6 Å². The molecule has 2 unspecified atom stereocenters. The zero-order valence-corrected chi connectivity index (χ0v) is 12.7. The number of halogens is 1. The van der Waals surface area contributed by atoms with Gasteiger partial charge >= 0.3 is 0 Å². The summed E-state index contributed by atoms with van der Waals surface area (Å²) in [5.41, 5.74) is 1.39. The molecule has 4 heteroatoms. The molecule has 2 aliphatic rings. The summed E-state index contributed by atoms with van der Waals surface area (Å²) in [4.78, 5) is 14.6. The van der Waals surface area contributed by atoms with Crippen molar-refractivity contribution < 1.29 is 4.79 Å². The van der Waals surface area contributed by atoms with Crippen LogP contribution in [0.5, 0.6) is 0 Å². The number of carbonyl (C=O) groups is 1. The van der Waals surface area contributed by atoms with Crippen LogP contribution in [0.3, 0.4) is 0 Å². The molecule has 1 aromatic heterocycles. The number of alkyl halides is 1. The molecule has 0 saturated heterocycles. The molecule has 0 aromatic carbocycles. The van der Waals surface area contributed by atoms with Crippen LogP contribution in [0.25, 0.3) is 0 Å². The molecule has 0 bridgehead atoms. The molecule has 1 amide bonds. The monoisotopic (exact) mass is 297 g/mol. The van der Waals surface area contributed by atoms with E-state index >= 15 is 0 Å². The van der Waals surface area contributed by atoms with E-state index in [1.54, 1.807) is 11.3 Å². The molecule has 1 fully saturated rings. The number of aryl methyl sites for hydroxylation is 2. The van der Waals surface area contributed by atoms with Crippen molar-refractivity contribution >= 4 is 28.8 Å². The molecule has 104 valence electrons. The Morgan fingerprint density at radius 2 is 2.05 bits per heavy atom. The molecule has 3 rings (SSSR count). The molecule has 19 heavy (non-hydrogen) atoms. The maximum Gasteiger partial charge on any atom is 0.261 e. The standard InChI is InChI=1S/C15H20ClNOS/c16-11-6-2-1-3-7-12(11)17-15(18)14-9-10-5-4-8-13(10)19-14/h9,11-12H,1-8H2,(H,17,18). The molecule has 0 radical (unpaired) electrons.